The molecule has 0 saturated heterocycles. The van der Waals surface area contributed by atoms with Gasteiger partial charge in [-0.05, 0) is 36.8 Å². The Kier molecular flexibility index (Phi) is 2.52. The molecule has 3 nitrogen and oxygen atoms in total. The monoisotopic (exact) mass is 237 g/mol. The van der Waals surface area contributed by atoms with Crippen LogP contribution in [-0.4, -0.2) is 17.0 Å². The SMILES string of the molecule is Cc1cccc(N(C)c2nc3ccccc3[nH]2)c1. The molecule has 0 aliphatic rings. The van der Waals surface area contributed by atoms with Gasteiger partial charge in [-0.1, -0.05) is 24.3 Å². The minimum absolute atomic E-state index is 0.863. The molecule has 0 spiro atoms. The van der Waals surface area contributed by atoms with Crippen molar-refractivity contribution >= 4 is 22.7 Å². The van der Waals surface area contributed by atoms with E-state index in [0.29, 0.717) is 0 Å². The number of anilines is 2. The minimum Gasteiger partial charge on any atom is -0.324 e. The maximum Gasteiger partial charge on any atom is 0.208 e. The highest BCUT2D eigenvalue weighted by Crippen LogP contribution is 2.23. The first-order chi connectivity index (χ1) is 8.74. The number of imidazole rings is 1. The molecule has 0 atom stereocenters. The number of aromatic nitrogens is 2. The summed E-state index contributed by atoms with van der Waals surface area (Å²) in [7, 11) is 2.02. The Morgan fingerprint density at radius 3 is 2.67 bits per heavy atom. The normalized spacial score (nSPS) is 10.8. The molecule has 0 bridgehead atoms. The summed E-state index contributed by atoms with van der Waals surface area (Å²) in [6.45, 7) is 2.09. The van der Waals surface area contributed by atoms with Crippen molar-refractivity contribution in [3.05, 3.63) is 54.1 Å². The van der Waals surface area contributed by atoms with Gasteiger partial charge in [-0.3, -0.25) is 0 Å². The zero-order valence-electron chi connectivity index (χ0n) is 10.5. The van der Waals surface area contributed by atoms with Crippen molar-refractivity contribution in [3.8, 4) is 0 Å². The molecule has 0 saturated carbocycles. The number of nitrogens with zero attached hydrogens (tertiary/aromatic N) is 2. The highest BCUT2D eigenvalue weighted by Gasteiger charge is 2.08. The fourth-order valence-corrected chi connectivity index (χ4v) is 2.06. The van der Waals surface area contributed by atoms with E-state index < -0.39 is 0 Å². The van der Waals surface area contributed by atoms with Gasteiger partial charge in [0, 0.05) is 12.7 Å². The second-order valence-electron chi connectivity index (χ2n) is 4.48. The number of aromatic amines is 1. The molecule has 3 heteroatoms. The molecule has 0 aliphatic carbocycles. The number of nitrogens with one attached hydrogen (secondary N) is 1. The number of benzene rings is 2. The van der Waals surface area contributed by atoms with E-state index in [0.717, 1.165) is 22.7 Å². The van der Waals surface area contributed by atoms with Crippen LogP contribution >= 0.6 is 0 Å². The van der Waals surface area contributed by atoms with Crippen LogP contribution in [0, 0.1) is 6.92 Å². The summed E-state index contributed by atoms with van der Waals surface area (Å²) < 4.78 is 0. The smallest absolute Gasteiger partial charge is 0.208 e. The predicted molar refractivity (Wildman–Crippen MR) is 75.3 cm³/mol. The van der Waals surface area contributed by atoms with E-state index in [1.165, 1.54) is 5.56 Å². The first-order valence-corrected chi connectivity index (χ1v) is 5.99. The third kappa shape index (κ3) is 1.84. The molecule has 90 valence electrons. The van der Waals surface area contributed by atoms with Gasteiger partial charge in [0.05, 0.1) is 11.0 Å². The lowest BCUT2D eigenvalue weighted by Crippen LogP contribution is -2.10. The van der Waals surface area contributed by atoms with Gasteiger partial charge < -0.3 is 9.88 Å². The third-order valence-corrected chi connectivity index (χ3v) is 3.08. The van der Waals surface area contributed by atoms with Crippen LogP contribution in [0.3, 0.4) is 0 Å². The molecule has 0 aliphatic heterocycles. The summed E-state index contributed by atoms with van der Waals surface area (Å²) in [6, 6.07) is 16.4. The molecule has 1 N–H and O–H groups in total. The quantitative estimate of drug-likeness (QED) is 0.738. The molecule has 2 aromatic carbocycles. The van der Waals surface area contributed by atoms with E-state index in [1.54, 1.807) is 0 Å². The van der Waals surface area contributed by atoms with Gasteiger partial charge in [-0.2, -0.15) is 0 Å². The molecule has 3 rings (SSSR count). The highest BCUT2D eigenvalue weighted by molar-refractivity contribution is 5.78. The van der Waals surface area contributed by atoms with Gasteiger partial charge >= 0.3 is 0 Å². The van der Waals surface area contributed by atoms with Gasteiger partial charge in [0.15, 0.2) is 0 Å². The van der Waals surface area contributed by atoms with Crippen LogP contribution in [0.4, 0.5) is 11.6 Å². The first-order valence-electron chi connectivity index (χ1n) is 5.99. The van der Waals surface area contributed by atoms with Gasteiger partial charge in [0.25, 0.3) is 0 Å². The van der Waals surface area contributed by atoms with Crippen LogP contribution in [0.1, 0.15) is 5.56 Å². The Balaban J connectivity index is 2.03. The number of fused-ring (bicyclic) bond motifs is 1. The van der Waals surface area contributed by atoms with E-state index in [-0.39, 0.29) is 0 Å². The fourth-order valence-electron chi connectivity index (χ4n) is 2.06. The van der Waals surface area contributed by atoms with Crippen LogP contribution in [0.2, 0.25) is 0 Å². The maximum atomic E-state index is 4.59. The fraction of sp³-hybridized carbons (Fsp3) is 0.133. The summed E-state index contributed by atoms with van der Waals surface area (Å²) in [4.78, 5) is 9.98. The van der Waals surface area contributed by atoms with Crippen molar-refractivity contribution < 1.29 is 0 Å². The number of aryl methyl sites for hydroxylation is 1. The lowest BCUT2D eigenvalue weighted by molar-refractivity contribution is 1.10. The lowest BCUT2D eigenvalue weighted by Gasteiger charge is -2.16. The second kappa shape index (κ2) is 4.18. The summed E-state index contributed by atoms with van der Waals surface area (Å²) >= 11 is 0. The Labute approximate surface area is 106 Å². The van der Waals surface area contributed by atoms with E-state index in [9.17, 15) is 0 Å². The average molecular weight is 237 g/mol. The minimum atomic E-state index is 0.863. The van der Waals surface area contributed by atoms with E-state index in [1.807, 2.05) is 31.3 Å². The number of H-pyrrole nitrogens is 1. The van der Waals surface area contributed by atoms with Crippen molar-refractivity contribution in [1.82, 2.24) is 9.97 Å². The third-order valence-electron chi connectivity index (χ3n) is 3.08. The van der Waals surface area contributed by atoms with Crippen molar-refractivity contribution in [2.75, 3.05) is 11.9 Å². The predicted octanol–water partition coefficient (Wildman–Crippen LogP) is 3.64. The Morgan fingerprint density at radius 1 is 1.06 bits per heavy atom. The Hall–Kier alpha value is -2.29. The van der Waals surface area contributed by atoms with E-state index in [2.05, 4.69) is 46.1 Å². The lowest BCUT2D eigenvalue weighted by atomic mass is 10.2. The maximum absolute atomic E-state index is 4.59. The number of rotatable bonds is 2. The molecule has 0 fully saturated rings. The van der Waals surface area contributed by atoms with Crippen LogP contribution in [0.15, 0.2) is 48.5 Å². The van der Waals surface area contributed by atoms with Crippen molar-refractivity contribution in [2.24, 2.45) is 0 Å². The second-order valence-corrected chi connectivity index (χ2v) is 4.48. The van der Waals surface area contributed by atoms with Gasteiger partial charge in [-0.25, -0.2) is 4.98 Å². The Morgan fingerprint density at radius 2 is 1.89 bits per heavy atom. The molecule has 1 aromatic heterocycles. The zero-order chi connectivity index (χ0) is 12.5. The molecule has 0 amide bonds. The van der Waals surface area contributed by atoms with Gasteiger partial charge in [0.1, 0.15) is 0 Å². The van der Waals surface area contributed by atoms with Gasteiger partial charge in [0.2, 0.25) is 5.95 Å². The standard InChI is InChI=1S/C15H15N3/c1-11-6-5-7-12(10-11)18(2)15-16-13-8-3-4-9-14(13)17-15/h3-10H,1-2H3,(H,16,17). The topological polar surface area (TPSA) is 31.9 Å². The van der Waals surface area contributed by atoms with Crippen molar-refractivity contribution in [2.45, 2.75) is 6.92 Å². The number of para-hydroxylation sites is 2. The summed E-state index contributed by atoms with van der Waals surface area (Å²) in [5.41, 5.74) is 4.43. The summed E-state index contributed by atoms with van der Waals surface area (Å²) in [6.07, 6.45) is 0. The average Bonchev–Trinajstić information content (AvgIpc) is 2.81. The van der Waals surface area contributed by atoms with E-state index >= 15 is 0 Å². The first kappa shape index (κ1) is 10.8. The molecule has 0 unspecified atom stereocenters. The molecule has 18 heavy (non-hydrogen) atoms. The van der Waals surface area contributed by atoms with Crippen LogP contribution in [0.5, 0.6) is 0 Å². The van der Waals surface area contributed by atoms with Crippen molar-refractivity contribution in [3.63, 3.8) is 0 Å². The molecule has 3 aromatic rings. The van der Waals surface area contributed by atoms with Gasteiger partial charge in [-0.15, -0.1) is 0 Å². The molecular formula is C15H15N3. The Bertz CT molecular complexity index is 652. The molecular weight excluding hydrogens is 222 g/mol. The number of hydrogen-bond acceptors (Lipinski definition) is 2. The summed E-state index contributed by atoms with van der Waals surface area (Å²) in [5.74, 6) is 0.863. The molecule has 0 radical (unpaired) electrons. The molecule has 1 heterocycles. The van der Waals surface area contributed by atoms with Crippen LogP contribution in [-0.2, 0) is 0 Å². The zero-order valence-corrected chi connectivity index (χ0v) is 10.5. The number of hydrogen-bond donors (Lipinski definition) is 1. The van der Waals surface area contributed by atoms with Crippen molar-refractivity contribution in [1.29, 1.82) is 0 Å². The highest BCUT2D eigenvalue weighted by atomic mass is 15.2. The van der Waals surface area contributed by atoms with Crippen LogP contribution in [0.25, 0.3) is 11.0 Å². The van der Waals surface area contributed by atoms with Crippen LogP contribution < -0.4 is 4.90 Å². The summed E-state index contributed by atoms with van der Waals surface area (Å²) in [5, 5.41) is 0. The largest absolute Gasteiger partial charge is 0.324 e. The van der Waals surface area contributed by atoms with E-state index in [4.69, 9.17) is 0 Å².